The Morgan fingerprint density at radius 3 is 2.69 bits per heavy atom. The molecular weight excluding hydrogens is 406 g/mol. The van der Waals surface area contributed by atoms with Crippen molar-refractivity contribution in [2.24, 2.45) is 7.05 Å². The van der Waals surface area contributed by atoms with Gasteiger partial charge in [-0.15, -0.1) is 12.4 Å². The van der Waals surface area contributed by atoms with Crippen molar-refractivity contribution >= 4 is 29.4 Å². The van der Waals surface area contributed by atoms with Gasteiger partial charge in [-0.2, -0.15) is 4.98 Å². The molecule has 1 N–H and O–H groups in total. The molecule has 0 unspecified atom stereocenters. The molecule has 0 saturated carbocycles. The Bertz CT molecular complexity index is 1090. The van der Waals surface area contributed by atoms with E-state index in [0.29, 0.717) is 36.3 Å². The summed E-state index contributed by atoms with van der Waals surface area (Å²) in [5, 5.41) is 3.81. The number of hydrogen-bond acceptors (Lipinski definition) is 6. The summed E-state index contributed by atoms with van der Waals surface area (Å²) in [7, 11) is 1.55. The quantitative estimate of drug-likeness (QED) is 0.691. The highest BCUT2D eigenvalue weighted by Crippen LogP contribution is 2.25. The maximum atomic E-state index is 13.8. The third-order valence-corrected chi connectivity index (χ3v) is 4.58. The van der Waals surface area contributed by atoms with E-state index >= 15 is 0 Å². The summed E-state index contributed by atoms with van der Waals surface area (Å²) in [6.45, 7) is 1.37. The fourth-order valence-electron chi connectivity index (χ4n) is 3.06. The van der Waals surface area contributed by atoms with Crippen LogP contribution in [0.5, 0.6) is 11.5 Å². The molecule has 1 aliphatic rings. The molecule has 4 rings (SSSR count). The molecule has 29 heavy (non-hydrogen) atoms. The van der Waals surface area contributed by atoms with E-state index in [1.165, 1.54) is 10.6 Å². The van der Waals surface area contributed by atoms with E-state index in [0.717, 1.165) is 25.0 Å². The number of nitrogens with zero attached hydrogens (tertiary/aromatic N) is 3. The number of pyridine rings is 1. The number of benzene rings is 1. The Kier molecular flexibility index (Phi) is 6.29. The smallest absolute Gasteiger partial charge is 0.294 e. The van der Waals surface area contributed by atoms with Crippen molar-refractivity contribution in [3.8, 4) is 11.5 Å². The lowest BCUT2D eigenvalue weighted by Crippen LogP contribution is -2.29. The van der Waals surface area contributed by atoms with Crippen LogP contribution in [-0.4, -0.2) is 33.8 Å². The molecule has 3 aromatic rings. The number of anilines is 1. The molecule has 0 radical (unpaired) electrons. The summed E-state index contributed by atoms with van der Waals surface area (Å²) in [4.78, 5) is 21.3. The van der Waals surface area contributed by atoms with Gasteiger partial charge in [0.2, 0.25) is 5.95 Å². The van der Waals surface area contributed by atoms with Gasteiger partial charge in [0.15, 0.2) is 17.3 Å². The number of ether oxygens (including phenoxy) is 2. The van der Waals surface area contributed by atoms with Crippen LogP contribution in [0.1, 0.15) is 12.8 Å². The van der Waals surface area contributed by atoms with E-state index in [1.807, 2.05) is 0 Å². The lowest BCUT2D eigenvalue weighted by atomic mass is 10.1. The number of halogens is 3. The summed E-state index contributed by atoms with van der Waals surface area (Å²) in [6.07, 6.45) is 3.28. The molecule has 0 amide bonds. The third kappa shape index (κ3) is 4.46. The number of nitrogens with one attached hydrogen (secondary N) is 1. The monoisotopic (exact) mass is 424 g/mol. The van der Waals surface area contributed by atoms with Crippen LogP contribution in [0.4, 0.5) is 14.7 Å². The van der Waals surface area contributed by atoms with Gasteiger partial charge in [0, 0.05) is 44.0 Å². The second-order valence-electron chi connectivity index (χ2n) is 6.55. The molecule has 1 fully saturated rings. The number of hydrogen-bond donors (Lipinski definition) is 1. The highest BCUT2D eigenvalue weighted by Gasteiger charge is 2.17. The minimum atomic E-state index is -0.894. The maximum Gasteiger partial charge on any atom is 0.294 e. The van der Waals surface area contributed by atoms with Crippen molar-refractivity contribution in [1.29, 1.82) is 0 Å². The van der Waals surface area contributed by atoms with Crippen LogP contribution < -0.4 is 15.6 Å². The molecule has 1 aliphatic heterocycles. The number of aromatic nitrogens is 3. The molecule has 1 aromatic carbocycles. The first-order chi connectivity index (χ1) is 13.5. The molecule has 0 spiro atoms. The lowest BCUT2D eigenvalue weighted by molar-refractivity contribution is 0.0903. The average Bonchev–Trinajstić information content (AvgIpc) is 2.69. The standard InChI is InChI=1S/C19H18F2N4O3.ClH/c1-25-17-11(10-22-19(24-17)23-13-4-6-27-7-5-13)8-16(18(25)26)28-15-3-2-12(20)9-14(15)21;/h2-3,8-10,13H,4-7H2,1H3,(H,22,23,24);1H. The Morgan fingerprint density at radius 1 is 1.21 bits per heavy atom. The number of rotatable bonds is 4. The second-order valence-corrected chi connectivity index (χ2v) is 6.55. The molecule has 1 saturated heterocycles. The summed E-state index contributed by atoms with van der Waals surface area (Å²) in [5.41, 5.74) is -0.0755. The Labute approximate surface area is 171 Å². The van der Waals surface area contributed by atoms with Gasteiger partial charge < -0.3 is 14.8 Å². The normalized spacial score (nSPS) is 14.4. The van der Waals surface area contributed by atoms with Crippen LogP contribution in [0.15, 0.2) is 35.3 Å². The molecule has 0 aliphatic carbocycles. The largest absolute Gasteiger partial charge is 0.448 e. The molecule has 0 bridgehead atoms. The zero-order valence-electron chi connectivity index (χ0n) is 15.5. The van der Waals surface area contributed by atoms with Crippen molar-refractivity contribution in [1.82, 2.24) is 14.5 Å². The number of fused-ring (bicyclic) bond motifs is 1. The first kappa shape index (κ1) is 20.9. The first-order valence-electron chi connectivity index (χ1n) is 8.85. The Balaban J connectivity index is 0.00000240. The van der Waals surface area contributed by atoms with E-state index in [1.54, 1.807) is 13.2 Å². The van der Waals surface area contributed by atoms with Crippen molar-refractivity contribution in [3.05, 3.63) is 52.5 Å². The van der Waals surface area contributed by atoms with E-state index in [2.05, 4.69) is 15.3 Å². The topological polar surface area (TPSA) is 78.3 Å². The minimum Gasteiger partial charge on any atom is -0.448 e. The summed E-state index contributed by atoms with van der Waals surface area (Å²) in [6, 6.07) is 4.54. The molecule has 154 valence electrons. The highest BCUT2D eigenvalue weighted by molar-refractivity contribution is 5.85. The fourth-order valence-corrected chi connectivity index (χ4v) is 3.06. The van der Waals surface area contributed by atoms with Crippen LogP contribution in [0.25, 0.3) is 11.0 Å². The average molecular weight is 425 g/mol. The van der Waals surface area contributed by atoms with Gasteiger partial charge >= 0.3 is 0 Å². The van der Waals surface area contributed by atoms with Crippen molar-refractivity contribution in [2.75, 3.05) is 18.5 Å². The summed E-state index contributed by atoms with van der Waals surface area (Å²) < 4.78 is 38.9. The predicted molar refractivity (Wildman–Crippen MR) is 106 cm³/mol. The van der Waals surface area contributed by atoms with Crippen molar-refractivity contribution in [3.63, 3.8) is 0 Å². The Hall–Kier alpha value is -2.78. The predicted octanol–water partition coefficient (Wildman–Crippen LogP) is 3.41. The van der Waals surface area contributed by atoms with Gasteiger partial charge in [0.1, 0.15) is 11.5 Å². The van der Waals surface area contributed by atoms with Crippen LogP contribution in [0, 0.1) is 11.6 Å². The maximum absolute atomic E-state index is 13.8. The van der Waals surface area contributed by atoms with Crippen molar-refractivity contribution < 1.29 is 18.3 Å². The van der Waals surface area contributed by atoms with E-state index in [-0.39, 0.29) is 29.9 Å². The molecular formula is C19H19ClF2N4O3. The van der Waals surface area contributed by atoms with E-state index < -0.39 is 17.2 Å². The molecule has 7 nitrogen and oxygen atoms in total. The van der Waals surface area contributed by atoms with Gasteiger partial charge in [0.05, 0.1) is 0 Å². The molecule has 10 heteroatoms. The van der Waals surface area contributed by atoms with E-state index in [4.69, 9.17) is 9.47 Å². The van der Waals surface area contributed by atoms with Gasteiger partial charge in [-0.1, -0.05) is 0 Å². The van der Waals surface area contributed by atoms with Gasteiger partial charge in [-0.05, 0) is 31.0 Å². The van der Waals surface area contributed by atoms with Crippen molar-refractivity contribution in [2.45, 2.75) is 18.9 Å². The van der Waals surface area contributed by atoms with Gasteiger partial charge in [-0.25, -0.2) is 13.8 Å². The second kappa shape index (κ2) is 8.71. The fraction of sp³-hybridized carbons (Fsp3) is 0.316. The molecule has 3 heterocycles. The van der Waals surface area contributed by atoms with Gasteiger partial charge in [0.25, 0.3) is 5.56 Å². The third-order valence-electron chi connectivity index (χ3n) is 4.58. The summed E-state index contributed by atoms with van der Waals surface area (Å²) >= 11 is 0. The Morgan fingerprint density at radius 2 is 1.97 bits per heavy atom. The highest BCUT2D eigenvalue weighted by atomic mass is 35.5. The molecule has 2 aromatic heterocycles. The van der Waals surface area contributed by atoms with Crippen LogP contribution in [0.2, 0.25) is 0 Å². The van der Waals surface area contributed by atoms with Gasteiger partial charge in [-0.3, -0.25) is 9.36 Å². The summed E-state index contributed by atoms with van der Waals surface area (Å²) in [5.74, 6) is -1.54. The molecule has 0 atom stereocenters. The van der Waals surface area contributed by atoms with Crippen LogP contribution in [0.3, 0.4) is 0 Å². The van der Waals surface area contributed by atoms with E-state index in [9.17, 15) is 13.6 Å². The SMILES string of the molecule is Cl.Cn1c(=O)c(Oc2ccc(F)cc2F)cc2cnc(NC3CCOCC3)nc21. The van der Waals surface area contributed by atoms with Crippen LogP contribution in [-0.2, 0) is 11.8 Å². The number of aryl methyl sites for hydroxylation is 1. The zero-order chi connectivity index (χ0) is 19.7. The zero-order valence-corrected chi connectivity index (χ0v) is 16.3. The minimum absolute atomic E-state index is 0. The first-order valence-corrected chi connectivity index (χ1v) is 8.85. The van der Waals surface area contributed by atoms with Crippen LogP contribution >= 0.6 is 12.4 Å². The lowest BCUT2D eigenvalue weighted by Gasteiger charge is -2.23.